The van der Waals surface area contributed by atoms with E-state index in [0.717, 1.165) is 12.0 Å². The van der Waals surface area contributed by atoms with Crippen molar-refractivity contribution in [1.29, 1.82) is 0 Å². The summed E-state index contributed by atoms with van der Waals surface area (Å²) in [6, 6.07) is 16.7. The zero-order valence-corrected chi connectivity index (χ0v) is 17.6. The molecule has 0 aliphatic carbocycles. The molecule has 8 nitrogen and oxygen atoms in total. The maximum Gasteiger partial charge on any atom is 0.325 e. The zero-order valence-electron chi connectivity index (χ0n) is 17.6. The van der Waals surface area contributed by atoms with Crippen molar-refractivity contribution < 1.29 is 14.0 Å². The second-order valence-corrected chi connectivity index (χ2v) is 7.92. The van der Waals surface area contributed by atoms with E-state index in [1.807, 2.05) is 49.4 Å². The number of carbonyl (C=O) groups is 2. The molecule has 0 radical (unpaired) electrons. The average Bonchev–Trinajstić information content (AvgIpc) is 3.44. The van der Waals surface area contributed by atoms with E-state index in [1.54, 1.807) is 12.1 Å². The summed E-state index contributed by atoms with van der Waals surface area (Å²) in [5.74, 6) is -1.44. The van der Waals surface area contributed by atoms with Gasteiger partial charge in [-0.1, -0.05) is 55.8 Å². The molecule has 2 aromatic heterocycles. The van der Waals surface area contributed by atoms with E-state index in [9.17, 15) is 14.4 Å². The van der Waals surface area contributed by atoms with E-state index in [4.69, 9.17) is 4.42 Å². The fourth-order valence-electron chi connectivity index (χ4n) is 4.23. The molecule has 0 spiro atoms. The van der Waals surface area contributed by atoms with Crippen LogP contribution >= 0.6 is 0 Å². The Balaban J connectivity index is 1.53. The Morgan fingerprint density at radius 3 is 2.56 bits per heavy atom. The monoisotopic (exact) mass is 430 g/mol. The lowest BCUT2D eigenvalue weighted by atomic mass is 9.96. The Labute approximate surface area is 183 Å². The largest absolute Gasteiger partial charge is 0.422 e. The van der Waals surface area contributed by atoms with Gasteiger partial charge in [-0.25, -0.2) is 0 Å². The molecule has 5 rings (SSSR count). The maximum atomic E-state index is 13.4. The number of H-pyrrole nitrogens is 1. The molecule has 1 aliphatic heterocycles. The van der Waals surface area contributed by atoms with E-state index in [2.05, 4.69) is 10.1 Å². The van der Waals surface area contributed by atoms with Crippen LogP contribution < -0.4 is 5.56 Å². The standard InChI is InChI=1S/C24H22N4O4/c1-2-8-18-21(16-13-20(29)27(22(16)30)14-15-9-4-3-5-10-15)23(31)28(26-18)24-25-17-11-6-7-12-19(17)32-24/h3-7,9-12,16,26H,2,8,13-14H2,1H3/t16-/m1/s1. The zero-order chi connectivity index (χ0) is 22.2. The summed E-state index contributed by atoms with van der Waals surface area (Å²) in [5, 5.41) is 3.07. The highest BCUT2D eigenvalue weighted by Gasteiger charge is 2.42. The van der Waals surface area contributed by atoms with E-state index in [0.29, 0.717) is 28.8 Å². The summed E-state index contributed by atoms with van der Waals surface area (Å²) < 4.78 is 6.98. The van der Waals surface area contributed by atoms with Crippen molar-refractivity contribution in [3.8, 4) is 6.01 Å². The van der Waals surface area contributed by atoms with Gasteiger partial charge in [-0.2, -0.15) is 9.67 Å². The molecular weight excluding hydrogens is 408 g/mol. The van der Waals surface area contributed by atoms with Crippen LogP contribution in [0.2, 0.25) is 0 Å². The number of hydrogen-bond acceptors (Lipinski definition) is 5. The van der Waals surface area contributed by atoms with Gasteiger partial charge in [-0.3, -0.25) is 24.4 Å². The van der Waals surface area contributed by atoms with E-state index >= 15 is 0 Å². The number of imide groups is 1. The number of rotatable bonds is 6. The Morgan fingerprint density at radius 1 is 1.06 bits per heavy atom. The van der Waals surface area contributed by atoms with Gasteiger partial charge in [0, 0.05) is 12.1 Å². The second kappa shape index (κ2) is 7.96. The van der Waals surface area contributed by atoms with Crippen molar-refractivity contribution in [2.75, 3.05) is 0 Å². The van der Waals surface area contributed by atoms with Crippen LogP contribution in [-0.2, 0) is 22.6 Å². The quantitative estimate of drug-likeness (QED) is 0.473. The van der Waals surface area contributed by atoms with Crippen LogP contribution in [0.25, 0.3) is 17.1 Å². The topological polar surface area (TPSA) is 101 Å². The van der Waals surface area contributed by atoms with Gasteiger partial charge in [-0.15, -0.1) is 0 Å². The summed E-state index contributed by atoms with van der Waals surface area (Å²) in [7, 11) is 0. The highest BCUT2D eigenvalue weighted by molar-refractivity contribution is 6.06. The second-order valence-electron chi connectivity index (χ2n) is 7.92. The number of hydrogen-bond donors (Lipinski definition) is 1. The van der Waals surface area contributed by atoms with Gasteiger partial charge in [0.2, 0.25) is 11.8 Å². The number of fused-ring (bicyclic) bond motifs is 1. The molecule has 1 atom stereocenters. The van der Waals surface area contributed by atoms with Gasteiger partial charge in [-0.05, 0) is 24.1 Å². The van der Waals surface area contributed by atoms with Crippen molar-refractivity contribution >= 4 is 22.9 Å². The minimum atomic E-state index is -0.817. The van der Waals surface area contributed by atoms with Crippen LogP contribution in [0.5, 0.6) is 0 Å². The maximum absolute atomic E-state index is 13.4. The fraction of sp³-hybridized carbons (Fsp3) is 0.250. The van der Waals surface area contributed by atoms with Gasteiger partial charge in [0.15, 0.2) is 5.58 Å². The molecule has 1 N–H and O–H groups in total. The molecule has 0 bridgehead atoms. The van der Waals surface area contributed by atoms with Gasteiger partial charge in [0.05, 0.1) is 18.0 Å². The molecule has 32 heavy (non-hydrogen) atoms. The number of likely N-dealkylation sites (tertiary alicyclic amines) is 1. The van der Waals surface area contributed by atoms with Crippen LogP contribution in [0.4, 0.5) is 0 Å². The van der Waals surface area contributed by atoms with Gasteiger partial charge >= 0.3 is 6.01 Å². The number of nitrogens with one attached hydrogen (secondary N) is 1. The Morgan fingerprint density at radius 2 is 1.81 bits per heavy atom. The Kier molecular flexibility index (Phi) is 4.97. The van der Waals surface area contributed by atoms with Crippen molar-refractivity contribution in [2.24, 2.45) is 0 Å². The van der Waals surface area contributed by atoms with Crippen LogP contribution in [0, 0.1) is 0 Å². The molecule has 1 aliphatic rings. The third kappa shape index (κ3) is 3.33. The summed E-state index contributed by atoms with van der Waals surface area (Å²) in [6.07, 6.45) is 1.31. The van der Waals surface area contributed by atoms with Crippen LogP contribution in [0.3, 0.4) is 0 Å². The minimum absolute atomic E-state index is 0.0248. The number of benzene rings is 2. The minimum Gasteiger partial charge on any atom is -0.422 e. The summed E-state index contributed by atoms with van der Waals surface area (Å²) in [5.41, 5.74) is 2.59. The third-order valence-electron chi connectivity index (χ3n) is 5.76. The molecule has 4 aromatic rings. The molecule has 2 amide bonds. The summed E-state index contributed by atoms with van der Waals surface area (Å²) >= 11 is 0. The molecule has 3 heterocycles. The first-order valence-corrected chi connectivity index (χ1v) is 10.6. The molecule has 8 heteroatoms. The summed E-state index contributed by atoms with van der Waals surface area (Å²) in [4.78, 5) is 45.0. The first-order chi connectivity index (χ1) is 15.6. The molecule has 2 aromatic carbocycles. The molecule has 0 saturated carbocycles. The fourth-order valence-corrected chi connectivity index (χ4v) is 4.23. The van der Waals surface area contributed by atoms with Gasteiger partial charge < -0.3 is 4.42 Å². The van der Waals surface area contributed by atoms with Crippen LogP contribution in [-0.4, -0.2) is 31.5 Å². The number of aromatic nitrogens is 3. The summed E-state index contributed by atoms with van der Waals surface area (Å²) in [6.45, 7) is 2.18. The first kappa shape index (κ1) is 20.0. The predicted molar refractivity (Wildman–Crippen MR) is 117 cm³/mol. The van der Waals surface area contributed by atoms with E-state index in [-0.39, 0.29) is 30.8 Å². The van der Waals surface area contributed by atoms with E-state index < -0.39 is 11.5 Å². The van der Waals surface area contributed by atoms with Crippen molar-refractivity contribution in [1.82, 2.24) is 19.7 Å². The predicted octanol–water partition coefficient (Wildman–Crippen LogP) is 3.30. The Hall–Kier alpha value is -3.94. The number of amides is 2. The lowest BCUT2D eigenvalue weighted by Gasteiger charge is -2.15. The number of carbonyl (C=O) groups excluding carboxylic acids is 2. The first-order valence-electron chi connectivity index (χ1n) is 10.6. The smallest absolute Gasteiger partial charge is 0.325 e. The number of oxazole rings is 1. The van der Waals surface area contributed by atoms with Crippen molar-refractivity contribution in [2.45, 2.75) is 38.6 Å². The highest BCUT2D eigenvalue weighted by Crippen LogP contribution is 2.31. The SMILES string of the molecule is CCCc1[nH]n(-c2nc3ccccc3o2)c(=O)c1[C@H]1CC(=O)N(Cc2ccccc2)C1=O. The number of para-hydroxylation sites is 2. The lowest BCUT2D eigenvalue weighted by Crippen LogP contribution is -2.31. The average molecular weight is 430 g/mol. The molecule has 0 unspecified atom stereocenters. The Bertz CT molecular complexity index is 1330. The van der Waals surface area contributed by atoms with Crippen molar-refractivity contribution in [3.05, 3.63) is 81.8 Å². The number of nitrogens with zero attached hydrogens (tertiary/aromatic N) is 3. The number of aromatic amines is 1. The van der Waals surface area contributed by atoms with Gasteiger partial charge in [0.25, 0.3) is 5.56 Å². The van der Waals surface area contributed by atoms with Crippen molar-refractivity contribution in [3.63, 3.8) is 0 Å². The highest BCUT2D eigenvalue weighted by atomic mass is 16.4. The normalized spacial score (nSPS) is 16.4. The molecule has 1 saturated heterocycles. The molecular formula is C24H22N4O4. The lowest BCUT2D eigenvalue weighted by molar-refractivity contribution is -0.139. The van der Waals surface area contributed by atoms with Gasteiger partial charge in [0.1, 0.15) is 5.52 Å². The van der Waals surface area contributed by atoms with E-state index in [1.165, 1.54) is 9.58 Å². The van der Waals surface area contributed by atoms with Crippen LogP contribution in [0.15, 0.2) is 63.8 Å². The molecule has 162 valence electrons. The molecule has 1 fully saturated rings. The number of aryl methyl sites for hydroxylation is 1. The van der Waals surface area contributed by atoms with Crippen LogP contribution in [0.1, 0.15) is 42.5 Å². The third-order valence-corrected chi connectivity index (χ3v) is 5.76.